The van der Waals surface area contributed by atoms with Gasteiger partial charge in [0, 0.05) is 5.92 Å². The lowest BCUT2D eigenvalue weighted by atomic mass is 10.0. The zero-order valence-electron chi connectivity index (χ0n) is 14.4. The van der Waals surface area contributed by atoms with Crippen LogP contribution in [0.25, 0.3) is 0 Å². The lowest BCUT2D eigenvalue weighted by Gasteiger charge is -2.21. The number of amidine groups is 1. The molecule has 1 unspecified atom stereocenters. The Bertz CT molecular complexity index is 614. The summed E-state index contributed by atoms with van der Waals surface area (Å²) in [5.74, 6) is 0.472. The molecule has 2 rings (SSSR count). The van der Waals surface area contributed by atoms with E-state index in [0.29, 0.717) is 24.5 Å². The maximum Gasteiger partial charge on any atom is 0.416 e. The number of hydrogen-bond donors (Lipinski definition) is 1. The normalized spacial score (nSPS) is 17.8. The van der Waals surface area contributed by atoms with E-state index in [1.54, 1.807) is 6.07 Å². The summed E-state index contributed by atoms with van der Waals surface area (Å²) in [5.41, 5.74) is -0.345. The van der Waals surface area contributed by atoms with Gasteiger partial charge in [-0.3, -0.25) is 9.80 Å². The standard InChI is InChI=1S/C17H23F3N4O/c1-3-23(4-2)9-8-13-11-24(22-16(13)21-12-25)15-7-5-6-14(10-15)17(18,19)20/h5-7,10,12-13H,3-4,8-9,11H2,1-2H3,(H,21,22,25). The number of amides is 1. The van der Waals surface area contributed by atoms with E-state index in [1.807, 2.05) is 0 Å². The molecule has 1 heterocycles. The van der Waals surface area contributed by atoms with Crippen LogP contribution in [-0.2, 0) is 11.0 Å². The minimum absolute atomic E-state index is 0.0275. The number of carbonyl (C=O) groups is 1. The van der Waals surface area contributed by atoms with Crippen LogP contribution < -0.4 is 10.3 Å². The Hall–Kier alpha value is -2.09. The summed E-state index contributed by atoms with van der Waals surface area (Å²) in [4.78, 5) is 13.1. The summed E-state index contributed by atoms with van der Waals surface area (Å²) in [6.07, 6.45) is -3.07. The van der Waals surface area contributed by atoms with Crippen LogP contribution in [0.15, 0.2) is 29.4 Å². The summed E-state index contributed by atoms with van der Waals surface area (Å²) in [7, 11) is 0. The Morgan fingerprint density at radius 1 is 1.36 bits per heavy atom. The first kappa shape index (κ1) is 19.2. The summed E-state index contributed by atoms with van der Waals surface area (Å²) < 4.78 is 38.7. The predicted octanol–water partition coefficient (Wildman–Crippen LogP) is 2.93. The summed E-state index contributed by atoms with van der Waals surface area (Å²) >= 11 is 0. The maximum absolute atomic E-state index is 12.9. The molecule has 0 saturated heterocycles. The van der Waals surface area contributed by atoms with Gasteiger partial charge in [-0.15, -0.1) is 0 Å². The first-order valence-corrected chi connectivity index (χ1v) is 8.34. The Kier molecular flexibility index (Phi) is 6.41. The van der Waals surface area contributed by atoms with Gasteiger partial charge in [0.15, 0.2) is 0 Å². The number of nitrogens with zero attached hydrogens (tertiary/aromatic N) is 3. The fraction of sp³-hybridized carbons (Fsp3) is 0.529. The van der Waals surface area contributed by atoms with E-state index in [0.717, 1.165) is 38.2 Å². The average molecular weight is 356 g/mol. The molecule has 25 heavy (non-hydrogen) atoms. The molecule has 138 valence electrons. The van der Waals surface area contributed by atoms with E-state index < -0.39 is 11.7 Å². The highest BCUT2D eigenvalue weighted by Gasteiger charge is 2.32. The SMILES string of the molecule is CCN(CC)CCC1CN(c2cccc(C(F)(F)F)c2)N=C1NC=O. The van der Waals surface area contributed by atoms with Crippen LogP contribution >= 0.6 is 0 Å². The van der Waals surface area contributed by atoms with Crippen LogP contribution in [0, 0.1) is 5.92 Å². The molecular formula is C17H23F3N4O. The number of nitrogens with one attached hydrogen (secondary N) is 1. The van der Waals surface area contributed by atoms with Crippen LogP contribution in [0.5, 0.6) is 0 Å². The highest BCUT2D eigenvalue weighted by molar-refractivity contribution is 5.94. The van der Waals surface area contributed by atoms with Gasteiger partial charge in [0.25, 0.3) is 0 Å². The molecule has 0 aromatic heterocycles. The second-order valence-electron chi connectivity index (χ2n) is 5.89. The lowest BCUT2D eigenvalue weighted by molar-refractivity contribution is -0.137. The largest absolute Gasteiger partial charge is 0.416 e. The fourth-order valence-electron chi connectivity index (χ4n) is 2.87. The Morgan fingerprint density at radius 2 is 2.08 bits per heavy atom. The van der Waals surface area contributed by atoms with Crippen molar-refractivity contribution in [2.45, 2.75) is 26.4 Å². The molecule has 0 radical (unpaired) electrons. The molecule has 0 spiro atoms. The molecule has 0 bridgehead atoms. The molecule has 1 N–H and O–H groups in total. The third-order valence-corrected chi connectivity index (χ3v) is 4.38. The monoisotopic (exact) mass is 356 g/mol. The van der Waals surface area contributed by atoms with Gasteiger partial charge in [-0.25, -0.2) is 0 Å². The van der Waals surface area contributed by atoms with Crippen LogP contribution in [0.1, 0.15) is 25.8 Å². The first-order valence-electron chi connectivity index (χ1n) is 8.34. The van der Waals surface area contributed by atoms with Gasteiger partial charge in [-0.05, 0) is 44.3 Å². The molecule has 1 aromatic carbocycles. The zero-order chi connectivity index (χ0) is 18.4. The quantitative estimate of drug-likeness (QED) is 0.764. The van der Waals surface area contributed by atoms with E-state index >= 15 is 0 Å². The number of anilines is 1. The molecule has 0 aliphatic carbocycles. The molecule has 1 aliphatic heterocycles. The molecule has 5 nitrogen and oxygen atoms in total. The minimum Gasteiger partial charge on any atom is -0.315 e. The van der Waals surface area contributed by atoms with Crippen LogP contribution in [0.3, 0.4) is 0 Å². The van der Waals surface area contributed by atoms with E-state index in [4.69, 9.17) is 0 Å². The van der Waals surface area contributed by atoms with Gasteiger partial charge in [0.1, 0.15) is 5.84 Å². The van der Waals surface area contributed by atoms with Gasteiger partial charge in [-0.1, -0.05) is 19.9 Å². The van der Waals surface area contributed by atoms with E-state index in [-0.39, 0.29) is 5.92 Å². The Labute approximate surface area is 145 Å². The summed E-state index contributed by atoms with van der Waals surface area (Å²) in [6.45, 7) is 7.28. The lowest BCUT2D eigenvalue weighted by Crippen LogP contribution is -2.33. The smallest absolute Gasteiger partial charge is 0.315 e. The number of hydrazone groups is 1. The van der Waals surface area contributed by atoms with Crippen LogP contribution in [0.4, 0.5) is 18.9 Å². The minimum atomic E-state index is -4.40. The fourth-order valence-corrected chi connectivity index (χ4v) is 2.87. The summed E-state index contributed by atoms with van der Waals surface area (Å²) in [5, 5.41) is 8.41. The molecule has 0 fully saturated rings. The molecule has 1 atom stereocenters. The van der Waals surface area contributed by atoms with Crippen molar-refractivity contribution in [3.8, 4) is 0 Å². The van der Waals surface area contributed by atoms with Gasteiger partial charge >= 0.3 is 6.18 Å². The number of rotatable bonds is 7. The van der Waals surface area contributed by atoms with Gasteiger partial charge in [0.05, 0.1) is 17.8 Å². The zero-order valence-corrected chi connectivity index (χ0v) is 14.4. The van der Waals surface area contributed by atoms with E-state index in [9.17, 15) is 18.0 Å². The second-order valence-corrected chi connectivity index (χ2v) is 5.89. The van der Waals surface area contributed by atoms with Crippen molar-refractivity contribution in [3.05, 3.63) is 29.8 Å². The topological polar surface area (TPSA) is 47.9 Å². The third kappa shape index (κ3) is 4.94. The number of benzene rings is 1. The molecule has 1 aromatic rings. The van der Waals surface area contributed by atoms with Crippen molar-refractivity contribution in [1.29, 1.82) is 0 Å². The van der Waals surface area contributed by atoms with Crippen molar-refractivity contribution in [3.63, 3.8) is 0 Å². The van der Waals surface area contributed by atoms with Gasteiger partial charge in [0.2, 0.25) is 6.41 Å². The van der Waals surface area contributed by atoms with E-state index in [2.05, 4.69) is 29.2 Å². The highest BCUT2D eigenvalue weighted by Crippen LogP contribution is 2.33. The number of alkyl halides is 3. The van der Waals surface area contributed by atoms with Crippen LogP contribution in [-0.4, -0.2) is 43.3 Å². The predicted molar refractivity (Wildman–Crippen MR) is 91.3 cm³/mol. The number of carbonyl (C=O) groups excluding carboxylic acids is 1. The van der Waals surface area contributed by atoms with Gasteiger partial charge in [-0.2, -0.15) is 18.3 Å². The Balaban J connectivity index is 2.14. The average Bonchev–Trinajstić information content (AvgIpc) is 2.99. The van der Waals surface area contributed by atoms with Crippen LogP contribution in [0.2, 0.25) is 0 Å². The molecule has 1 amide bonds. The number of halogens is 3. The first-order chi connectivity index (χ1) is 11.9. The Morgan fingerprint density at radius 3 is 2.68 bits per heavy atom. The second kappa shape index (κ2) is 8.33. The molecular weight excluding hydrogens is 333 g/mol. The maximum atomic E-state index is 12.9. The third-order valence-electron chi connectivity index (χ3n) is 4.38. The van der Waals surface area contributed by atoms with E-state index in [1.165, 1.54) is 11.1 Å². The van der Waals surface area contributed by atoms with Crippen molar-refractivity contribution < 1.29 is 18.0 Å². The molecule has 8 heteroatoms. The van der Waals surface area contributed by atoms with Crippen molar-refractivity contribution in [1.82, 2.24) is 10.2 Å². The van der Waals surface area contributed by atoms with Crippen molar-refractivity contribution in [2.75, 3.05) is 31.2 Å². The van der Waals surface area contributed by atoms with Gasteiger partial charge < -0.3 is 10.2 Å². The summed E-state index contributed by atoms with van der Waals surface area (Å²) in [6, 6.07) is 5.06. The highest BCUT2D eigenvalue weighted by atomic mass is 19.4. The molecule has 0 saturated carbocycles. The molecule has 1 aliphatic rings. The van der Waals surface area contributed by atoms with Crippen molar-refractivity contribution >= 4 is 17.9 Å². The number of hydrogen-bond acceptors (Lipinski definition) is 4. The van der Waals surface area contributed by atoms with Crippen molar-refractivity contribution in [2.24, 2.45) is 11.0 Å².